The van der Waals surface area contributed by atoms with Gasteiger partial charge >= 0.3 is 18.3 Å². The lowest BCUT2D eigenvalue weighted by molar-refractivity contribution is -0.137. The van der Waals surface area contributed by atoms with Crippen LogP contribution < -0.4 is 19.3 Å². The fraction of sp³-hybridized carbons (Fsp3) is 0.357. The van der Waals surface area contributed by atoms with Gasteiger partial charge in [-0.05, 0) is 80.8 Å². The first-order valence-corrected chi connectivity index (χ1v) is 18.8. The minimum atomic E-state index is -5.02. The first-order chi connectivity index (χ1) is 27.9. The summed E-state index contributed by atoms with van der Waals surface area (Å²) in [5.74, 6) is -0.172. The number of hydrogen-bond acceptors (Lipinski definition) is 10. The molecule has 0 spiro atoms. The molecule has 1 atom stereocenters. The Kier molecular flexibility index (Phi) is 12.4. The van der Waals surface area contributed by atoms with Crippen LogP contribution in [0.4, 0.5) is 38.4 Å². The van der Waals surface area contributed by atoms with Crippen molar-refractivity contribution in [3.63, 3.8) is 0 Å². The molecule has 0 radical (unpaired) electrons. The van der Waals surface area contributed by atoms with Crippen molar-refractivity contribution in [1.29, 1.82) is 5.26 Å². The zero-order valence-electron chi connectivity index (χ0n) is 33.1. The number of pyridine rings is 1. The Morgan fingerprint density at radius 1 is 0.932 bits per heavy atom. The fourth-order valence-corrected chi connectivity index (χ4v) is 7.26. The summed E-state index contributed by atoms with van der Waals surface area (Å²) in [7, 11) is 3.06. The number of benzene rings is 3. The zero-order valence-corrected chi connectivity index (χ0v) is 33.9. The number of amides is 1. The third-order valence-electron chi connectivity index (χ3n) is 9.69. The molecule has 17 heteroatoms. The van der Waals surface area contributed by atoms with Crippen molar-refractivity contribution >= 4 is 40.2 Å². The van der Waals surface area contributed by atoms with Crippen LogP contribution in [0.15, 0.2) is 60.7 Å². The summed E-state index contributed by atoms with van der Waals surface area (Å²) in [5, 5.41) is 9.02. The van der Waals surface area contributed by atoms with Crippen LogP contribution in [0.1, 0.15) is 49.4 Å². The summed E-state index contributed by atoms with van der Waals surface area (Å²) in [6, 6.07) is 18.0. The minimum absolute atomic E-state index is 0.0292. The maximum Gasteiger partial charge on any atom is 0.418 e. The molecule has 3 aromatic carbocycles. The summed E-state index contributed by atoms with van der Waals surface area (Å²) in [4.78, 5) is 29.8. The Morgan fingerprint density at radius 2 is 1.53 bits per heavy atom. The molecule has 1 aliphatic rings. The molecule has 2 aromatic heterocycles. The highest BCUT2D eigenvalue weighted by Crippen LogP contribution is 2.45. The first kappa shape index (κ1) is 42.7. The van der Waals surface area contributed by atoms with Gasteiger partial charge in [-0.3, -0.25) is 0 Å². The standard InChI is InChI=1S/C42H41ClF5N7O4/c1-24-19-32(54(21-25-7-11-28(57-5)12-8-25)22-26-9-13-29(58-6)14-10-26)50-37(34(24)42(46,47)48)33-31(43)20-30-36(35(33)44)51-39(45)52-38(30)53-17-18-55(27(23-53)15-16-49)40(56)59-41(2,3)4/h7-14,19-20,27H,15,17-18,21-23H2,1-6H3/t27-/m0/s1. The largest absolute Gasteiger partial charge is 0.497 e. The van der Waals surface area contributed by atoms with Crippen LogP contribution in [0.2, 0.25) is 5.02 Å². The highest BCUT2D eigenvalue weighted by atomic mass is 35.5. The van der Waals surface area contributed by atoms with E-state index in [-0.39, 0.29) is 61.7 Å². The number of halogens is 6. The molecule has 0 N–H and O–H groups in total. The van der Waals surface area contributed by atoms with Gasteiger partial charge in [-0.2, -0.15) is 32.8 Å². The maximum atomic E-state index is 17.0. The van der Waals surface area contributed by atoms with E-state index in [2.05, 4.69) is 15.0 Å². The Hall–Kier alpha value is -5.95. The van der Waals surface area contributed by atoms with Gasteiger partial charge in [0.1, 0.15) is 34.3 Å². The Labute approximate surface area is 342 Å². The van der Waals surface area contributed by atoms with E-state index in [0.717, 1.165) is 11.1 Å². The van der Waals surface area contributed by atoms with E-state index in [1.165, 1.54) is 38.2 Å². The molecule has 5 aromatic rings. The number of alkyl halides is 3. The molecule has 0 saturated carbocycles. The number of hydrogen-bond donors (Lipinski definition) is 0. The molecule has 310 valence electrons. The number of piperazine rings is 1. The topological polar surface area (TPSA) is 117 Å². The van der Waals surface area contributed by atoms with Crippen LogP contribution in [-0.4, -0.2) is 71.4 Å². The zero-order chi connectivity index (χ0) is 42.8. The van der Waals surface area contributed by atoms with Gasteiger partial charge in [0, 0.05) is 38.1 Å². The van der Waals surface area contributed by atoms with Gasteiger partial charge in [0.15, 0.2) is 5.82 Å². The van der Waals surface area contributed by atoms with Gasteiger partial charge in [0.25, 0.3) is 0 Å². The van der Waals surface area contributed by atoms with Gasteiger partial charge in [0.2, 0.25) is 0 Å². The molecule has 1 saturated heterocycles. The average Bonchev–Trinajstić information content (AvgIpc) is 3.17. The van der Waals surface area contributed by atoms with Crippen LogP contribution in [-0.2, 0) is 24.0 Å². The van der Waals surface area contributed by atoms with Gasteiger partial charge < -0.3 is 28.9 Å². The predicted molar refractivity (Wildman–Crippen MR) is 212 cm³/mol. The van der Waals surface area contributed by atoms with Crippen molar-refractivity contribution in [1.82, 2.24) is 19.9 Å². The summed E-state index contributed by atoms with van der Waals surface area (Å²) in [5.41, 5.74) is -2.93. The lowest BCUT2D eigenvalue weighted by Gasteiger charge is -2.41. The number of anilines is 2. The van der Waals surface area contributed by atoms with Gasteiger partial charge in [-0.15, -0.1) is 0 Å². The molecule has 1 fully saturated rings. The quantitative estimate of drug-likeness (QED) is 0.0995. The van der Waals surface area contributed by atoms with Crippen LogP contribution in [0.25, 0.3) is 22.2 Å². The van der Waals surface area contributed by atoms with Crippen LogP contribution in [0.3, 0.4) is 0 Å². The Balaban J connectivity index is 1.47. The number of ether oxygens (including phenoxy) is 3. The molecular weight excluding hydrogens is 797 g/mol. The highest BCUT2D eigenvalue weighted by molar-refractivity contribution is 6.34. The highest BCUT2D eigenvalue weighted by Gasteiger charge is 2.40. The van der Waals surface area contributed by atoms with Crippen molar-refractivity contribution in [2.45, 2.75) is 65.0 Å². The molecular formula is C42H41ClF5N7O4. The van der Waals surface area contributed by atoms with Crippen LogP contribution in [0.5, 0.6) is 11.5 Å². The van der Waals surface area contributed by atoms with Crippen LogP contribution >= 0.6 is 11.6 Å². The van der Waals surface area contributed by atoms with Gasteiger partial charge in [-0.1, -0.05) is 35.9 Å². The number of aryl methyl sites for hydroxylation is 1. The first-order valence-electron chi connectivity index (χ1n) is 18.5. The average molecular weight is 838 g/mol. The number of carbonyl (C=O) groups excluding carboxylic acids is 1. The van der Waals surface area contributed by atoms with Crippen molar-refractivity contribution in [3.05, 3.63) is 99.8 Å². The maximum absolute atomic E-state index is 17.0. The van der Waals surface area contributed by atoms with E-state index in [1.54, 1.807) is 54.8 Å². The summed E-state index contributed by atoms with van der Waals surface area (Å²) < 4.78 is 93.4. The molecule has 0 bridgehead atoms. The van der Waals surface area contributed by atoms with E-state index >= 15 is 8.78 Å². The van der Waals surface area contributed by atoms with Crippen molar-refractivity contribution in [2.24, 2.45) is 0 Å². The summed E-state index contributed by atoms with van der Waals surface area (Å²) in [6.07, 6.45) is -7.13. The lowest BCUT2D eigenvalue weighted by atomic mass is 9.98. The molecule has 3 heterocycles. The SMILES string of the molecule is COc1ccc(CN(Cc2ccc(OC)cc2)c2cc(C)c(C(F)(F)F)c(-c3c(Cl)cc4c(N5CCN(C(=O)OC(C)(C)C)[C@@H](CC#N)C5)nc(F)nc4c3F)n2)cc1. The number of rotatable bonds is 10. The second kappa shape index (κ2) is 17.1. The number of methoxy groups -OCH3 is 2. The normalized spacial score (nSPS) is 14.6. The predicted octanol–water partition coefficient (Wildman–Crippen LogP) is 9.51. The van der Waals surface area contributed by atoms with E-state index in [0.29, 0.717) is 11.5 Å². The smallest absolute Gasteiger partial charge is 0.418 e. The molecule has 59 heavy (non-hydrogen) atoms. The summed E-state index contributed by atoms with van der Waals surface area (Å²) >= 11 is 6.76. The van der Waals surface area contributed by atoms with Crippen molar-refractivity contribution in [3.8, 4) is 28.8 Å². The number of carbonyl (C=O) groups is 1. The van der Waals surface area contributed by atoms with E-state index in [1.807, 2.05) is 30.3 Å². The molecule has 11 nitrogen and oxygen atoms in total. The second-order valence-corrected chi connectivity index (χ2v) is 15.4. The van der Waals surface area contributed by atoms with Gasteiger partial charge in [-0.25, -0.2) is 14.2 Å². The number of nitrogens with zero attached hydrogens (tertiary/aromatic N) is 7. The lowest BCUT2D eigenvalue weighted by Crippen LogP contribution is -2.56. The minimum Gasteiger partial charge on any atom is -0.497 e. The Bertz CT molecular complexity index is 2340. The molecule has 1 aliphatic heterocycles. The van der Waals surface area contributed by atoms with E-state index in [9.17, 15) is 23.2 Å². The molecule has 0 aliphatic carbocycles. The van der Waals surface area contributed by atoms with E-state index < -0.39 is 63.2 Å². The molecule has 0 unspecified atom stereocenters. The fourth-order valence-electron chi connectivity index (χ4n) is 6.98. The number of fused-ring (bicyclic) bond motifs is 1. The number of aromatic nitrogens is 3. The van der Waals surface area contributed by atoms with Gasteiger partial charge in [0.05, 0.1) is 54.6 Å². The number of nitriles is 1. The van der Waals surface area contributed by atoms with Crippen molar-refractivity contribution in [2.75, 3.05) is 43.7 Å². The third kappa shape index (κ3) is 9.52. The van der Waals surface area contributed by atoms with Crippen LogP contribution in [0, 0.1) is 30.2 Å². The van der Waals surface area contributed by atoms with Crippen molar-refractivity contribution < 1.29 is 41.0 Å². The Morgan fingerprint density at radius 3 is 2.05 bits per heavy atom. The van der Waals surface area contributed by atoms with E-state index in [4.69, 9.17) is 25.8 Å². The monoisotopic (exact) mass is 837 g/mol. The third-order valence-corrected chi connectivity index (χ3v) is 9.98. The summed E-state index contributed by atoms with van der Waals surface area (Å²) in [6.45, 7) is 6.78. The molecule has 1 amide bonds. The molecule has 6 rings (SSSR count). The second-order valence-electron chi connectivity index (χ2n) is 15.0.